The topological polar surface area (TPSA) is 37.4 Å². The molecule has 0 N–H and O–H groups in total. The van der Waals surface area contributed by atoms with Crippen LogP contribution in [-0.4, -0.2) is 15.0 Å². The van der Waals surface area contributed by atoms with Crippen molar-refractivity contribution in [3.8, 4) is 0 Å². The second-order valence-electron chi connectivity index (χ2n) is 4.53. The van der Waals surface area contributed by atoms with Crippen LogP contribution in [0.4, 0.5) is 14.5 Å². The number of halogens is 2. The first-order valence-corrected chi connectivity index (χ1v) is 7.85. The van der Waals surface area contributed by atoms with Gasteiger partial charge in [-0.2, -0.15) is 0 Å². The van der Waals surface area contributed by atoms with Gasteiger partial charge in [-0.15, -0.1) is 0 Å². The van der Waals surface area contributed by atoms with Crippen molar-refractivity contribution in [1.82, 2.24) is 0 Å². The van der Waals surface area contributed by atoms with Crippen molar-refractivity contribution in [2.75, 3.05) is 10.8 Å². The molecule has 0 heterocycles. The van der Waals surface area contributed by atoms with Gasteiger partial charge in [0, 0.05) is 6.54 Å². The summed E-state index contributed by atoms with van der Waals surface area (Å²) in [5.74, 6) is -1.76. The van der Waals surface area contributed by atoms with Crippen LogP contribution in [0.15, 0.2) is 47.4 Å². The summed E-state index contributed by atoms with van der Waals surface area (Å²) >= 11 is 0. The molecule has 0 spiro atoms. The van der Waals surface area contributed by atoms with Gasteiger partial charge in [-0.25, -0.2) is 17.2 Å². The second-order valence-corrected chi connectivity index (χ2v) is 6.36. The summed E-state index contributed by atoms with van der Waals surface area (Å²) in [7, 11) is -4.16. The van der Waals surface area contributed by atoms with E-state index in [4.69, 9.17) is 0 Å². The quantitative estimate of drug-likeness (QED) is 0.867. The maximum atomic E-state index is 13.8. The van der Waals surface area contributed by atoms with Crippen LogP contribution in [0.5, 0.6) is 0 Å². The van der Waals surface area contributed by atoms with Gasteiger partial charge in [-0.1, -0.05) is 18.2 Å². The Morgan fingerprint density at radius 3 is 2.38 bits per heavy atom. The Morgan fingerprint density at radius 1 is 1.10 bits per heavy atom. The van der Waals surface area contributed by atoms with E-state index in [2.05, 4.69) is 0 Å². The Bertz CT molecular complexity index is 760. The molecule has 21 heavy (non-hydrogen) atoms. The summed E-state index contributed by atoms with van der Waals surface area (Å²) in [6.07, 6.45) is 0. The van der Waals surface area contributed by atoms with E-state index in [0.717, 1.165) is 22.0 Å². The highest BCUT2D eigenvalue weighted by Gasteiger charge is 2.28. The summed E-state index contributed by atoms with van der Waals surface area (Å²) in [6, 6.07) is 9.27. The summed E-state index contributed by atoms with van der Waals surface area (Å²) in [5, 5.41) is 0. The Morgan fingerprint density at radius 2 is 1.76 bits per heavy atom. The molecule has 0 aliphatic heterocycles. The number of hydrogen-bond acceptors (Lipinski definition) is 2. The van der Waals surface area contributed by atoms with Crippen LogP contribution in [0, 0.1) is 18.6 Å². The molecule has 2 aromatic carbocycles. The molecule has 0 atom stereocenters. The van der Waals surface area contributed by atoms with Crippen molar-refractivity contribution in [1.29, 1.82) is 0 Å². The number of benzene rings is 2. The molecule has 112 valence electrons. The molecule has 2 aromatic rings. The van der Waals surface area contributed by atoms with Crippen LogP contribution < -0.4 is 4.31 Å². The van der Waals surface area contributed by atoms with E-state index in [1.807, 2.05) is 0 Å². The van der Waals surface area contributed by atoms with E-state index in [0.29, 0.717) is 11.8 Å². The molecule has 0 amide bonds. The maximum Gasteiger partial charge on any atom is 0.267 e. The molecule has 0 unspecified atom stereocenters. The Labute approximate surface area is 122 Å². The van der Waals surface area contributed by atoms with Gasteiger partial charge < -0.3 is 0 Å². The smallest absolute Gasteiger partial charge is 0.266 e. The average molecular weight is 311 g/mol. The third kappa shape index (κ3) is 2.90. The first-order chi connectivity index (χ1) is 9.87. The summed E-state index contributed by atoms with van der Waals surface area (Å²) in [5.41, 5.74) is 1.18. The highest BCUT2D eigenvalue weighted by Crippen LogP contribution is 2.28. The normalized spacial score (nSPS) is 11.4. The molecule has 0 aliphatic rings. The third-order valence-corrected chi connectivity index (χ3v) is 5.04. The molecule has 0 aliphatic carbocycles. The van der Waals surface area contributed by atoms with Gasteiger partial charge in [0.15, 0.2) is 0 Å². The van der Waals surface area contributed by atoms with E-state index >= 15 is 0 Å². The first kappa shape index (κ1) is 15.4. The molecule has 0 aromatic heterocycles. The minimum atomic E-state index is -4.16. The van der Waals surface area contributed by atoms with Crippen molar-refractivity contribution in [3.05, 3.63) is 59.7 Å². The third-order valence-electron chi connectivity index (χ3n) is 3.13. The minimum absolute atomic E-state index is 0.114. The van der Waals surface area contributed by atoms with Gasteiger partial charge >= 0.3 is 0 Å². The zero-order chi connectivity index (χ0) is 15.6. The fourth-order valence-corrected chi connectivity index (χ4v) is 3.72. The van der Waals surface area contributed by atoms with Gasteiger partial charge in [0.05, 0.1) is 5.69 Å². The summed E-state index contributed by atoms with van der Waals surface area (Å²) in [4.78, 5) is -0.660. The highest BCUT2D eigenvalue weighted by molar-refractivity contribution is 7.92. The predicted molar refractivity (Wildman–Crippen MR) is 77.7 cm³/mol. The number of sulfonamides is 1. The van der Waals surface area contributed by atoms with E-state index in [9.17, 15) is 17.2 Å². The number of hydrogen-bond donors (Lipinski definition) is 0. The number of anilines is 1. The van der Waals surface area contributed by atoms with Crippen molar-refractivity contribution >= 4 is 15.7 Å². The van der Waals surface area contributed by atoms with Crippen LogP contribution in [0.1, 0.15) is 12.5 Å². The lowest BCUT2D eigenvalue weighted by molar-refractivity contribution is 0.551. The molecule has 3 nitrogen and oxygen atoms in total. The van der Waals surface area contributed by atoms with Crippen LogP contribution in [0.2, 0.25) is 0 Å². The number of nitrogens with zero attached hydrogens (tertiary/aromatic N) is 1. The lowest BCUT2D eigenvalue weighted by Gasteiger charge is -2.24. The van der Waals surface area contributed by atoms with Crippen LogP contribution in [0.3, 0.4) is 0 Å². The van der Waals surface area contributed by atoms with Crippen molar-refractivity contribution in [2.24, 2.45) is 0 Å². The van der Waals surface area contributed by atoms with Crippen molar-refractivity contribution < 1.29 is 17.2 Å². The molecule has 0 radical (unpaired) electrons. The van der Waals surface area contributed by atoms with Crippen LogP contribution in [-0.2, 0) is 10.0 Å². The van der Waals surface area contributed by atoms with E-state index in [1.165, 1.54) is 0 Å². The average Bonchev–Trinajstić information content (AvgIpc) is 2.44. The van der Waals surface area contributed by atoms with Crippen molar-refractivity contribution in [2.45, 2.75) is 18.7 Å². The second kappa shape index (κ2) is 5.81. The van der Waals surface area contributed by atoms with Crippen molar-refractivity contribution in [3.63, 3.8) is 0 Å². The molecular weight excluding hydrogens is 296 g/mol. The lowest BCUT2D eigenvalue weighted by atomic mass is 10.2. The first-order valence-electron chi connectivity index (χ1n) is 6.41. The molecule has 0 fully saturated rings. The Kier molecular flexibility index (Phi) is 4.27. The summed E-state index contributed by atoms with van der Waals surface area (Å²) in [6.45, 7) is 3.51. The van der Waals surface area contributed by atoms with E-state index in [1.54, 1.807) is 38.1 Å². The SMILES string of the molecule is CCN(c1ccccc1C)S(=O)(=O)c1cc(F)ccc1F. The van der Waals surface area contributed by atoms with Gasteiger partial charge in [-0.05, 0) is 43.7 Å². The number of para-hydroxylation sites is 1. The zero-order valence-electron chi connectivity index (χ0n) is 11.7. The zero-order valence-corrected chi connectivity index (χ0v) is 12.5. The van der Waals surface area contributed by atoms with Gasteiger partial charge in [0.25, 0.3) is 10.0 Å². The standard InChI is InChI=1S/C15H15F2NO2S/c1-3-18(14-7-5-4-6-11(14)2)21(19,20)15-10-12(16)8-9-13(15)17/h4-10H,3H2,1-2H3. The minimum Gasteiger partial charge on any atom is -0.266 e. The fraction of sp³-hybridized carbons (Fsp3) is 0.200. The molecule has 0 saturated heterocycles. The number of aryl methyl sites for hydroxylation is 1. The predicted octanol–water partition coefficient (Wildman–Crippen LogP) is 3.49. The van der Waals surface area contributed by atoms with E-state index in [-0.39, 0.29) is 6.54 Å². The molecular formula is C15H15F2NO2S. The fourth-order valence-electron chi connectivity index (χ4n) is 2.11. The monoisotopic (exact) mass is 311 g/mol. The molecule has 6 heteroatoms. The number of rotatable bonds is 4. The Hall–Kier alpha value is -1.95. The highest BCUT2D eigenvalue weighted by atomic mass is 32.2. The summed E-state index contributed by atoms with van der Waals surface area (Å²) < 4.78 is 53.4. The van der Waals surface area contributed by atoms with Gasteiger partial charge in [0.2, 0.25) is 0 Å². The Balaban J connectivity index is 2.61. The molecule has 2 rings (SSSR count). The van der Waals surface area contributed by atoms with Gasteiger partial charge in [-0.3, -0.25) is 4.31 Å². The maximum absolute atomic E-state index is 13.8. The van der Waals surface area contributed by atoms with Crippen LogP contribution in [0.25, 0.3) is 0 Å². The largest absolute Gasteiger partial charge is 0.267 e. The molecule has 0 bridgehead atoms. The molecule has 0 saturated carbocycles. The van der Waals surface area contributed by atoms with Gasteiger partial charge in [0.1, 0.15) is 16.5 Å². The van der Waals surface area contributed by atoms with E-state index < -0.39 is 26.6 Å². The lowest BCUT2D eigenvalue weighted by Crippen LogP contribution is -2.32. The van der Waals surface area contributed by atoms with Crippen LogP contribution >= 0.6 is 0 Å².